The van der Waals surface area contributed by atoms with Crippen LogP contribution in [0.3, 0.4) is 0 Å². The van der Waals surface area contributed by atoms with Gasteiger partial charge in [0.25, 0.3) is 0 Å². The van der Waals surface area contributed by atoms with Crippen molar-refractivity contribution in [3.63, 3.8) is 0 Å². The topological polar surface area (TPSA) is 0 Å². The van der Waals surface area contributed by atoms with Gasteiger partial charge in [0, 0.05) is 13.1 Å². The Morgan fingerprint density at radius 2 is 1.00 bits per heavy atom. The van der Waals surface area contributed by atoms with Gasteiger partial charge in [-0.15, -0.1) is 0 Å². The summed E-state index contributed by atoms with van der Waals surface area (Å²) in [5.41, 5.74) is 0. The molecule has 0 heterocycles. The molecule has 2 unspecified atom stereocenters. The van der Waals surface area contributed by atoms with Gasteiger partial charge >= 0.3 is 0 Å². The fraction of sp³-hybridized carbons (Fsp3) is 1.00. The molecule has 4 heteroatoms. The molecule has 0 saturated carbocycles. The Hall–Kier alpha value is -0.0101. The van der Waals surface area contributed by atoms with Gasteiger partial charge in [-0.25, -0.2) is 0 Å². The van der Waals surface area contributed by atoms with E-state index in [2.05, 4.69) is 15.7 Å². The van der Waals surface area contributed by atoms with E-state index >= 15 is 0 Å². The molecular weight excluding hydrogens is 144 g/mol. The summed E-state index contributed by atoms with van der Waals surface area (Å²) in [4.78, 5) is 0. The number of rotatable bonds is 0. The maximum absolute atomic E-state index is 10.4. The molecule has 0 rings (SSSR count). The second kappa shape index (κ2) is 204. The highest BCUT2D eigenvalue weighted by atomic mass is 19.1. The Labute approximate surface area is 76.4 Å². The van der Waals surface area contributed by atoms with Crippen molar-refractivity contribution in [1.29, 1.82) is 0 Å². The van der Waals surface area contributed by atoms with Gasteiger partial charge in [-0.2, -0.15) is 0 Å². The van der Waals surface area contributed by atoms with E-state index in [4.69, 9.17) is 2.74 Å². The minimum atomic E-state index is -1.92. The highest BCUT2D eigenvalue weighted by molar-refractivity contribution is 6.08. The third-order valence-electron chi connectivity index (χ3n) is 0. The van der Waals surface area contributed by atoms with Gasteiger partial charge in [0.2, 0.25) is 0 Å². The number of alkyl halides is 2. The zero-order chi connectivity index (χ0) is 11.2. The van der Waals surface area contributed by atoms with Crippen LogP contribution in [0.15, 0.2) is 0 Å². The molecule has 0 aromatic rings. The van der Waals surface area contributed by atoms with Gasteiger partial charge < -0.3 is 0 Å². The maximum atomic E-state index is 10.4. The Bertz CT molecular complexity index is 38.0. The molecule has 0 aliphatic carbocycles. The largest absolute Gasteiger partial charge is 0.262 e. The van der Waals surface area contributed by atoms with E-state index in [0.717, 1.165) is 0 Å². The normalized spacial score (nSPS) is 12.5. The van der Waals surface area contributed by atoms with E-state index in [-0.39, 0.29) is 7.43 Å². The van der Waals surface area contributed by atoms with Crippen LogP contribution in [0, 0.1) is 0 Å². The fourth-order valence-electron chi connectivity index (χ4n) is 0. The molecule has 0 spiro atoms. The van der Waals surface area contributed by atoms with E-state index in [1.54, 1.807) is 0 Å². The van der Waals surface area contributed by atoms with Crippen molar-refractivity contribution in [3.05, 3.63) is 0 Å². The van der Waals surface area contributed by atoms with Crippen molar-refractivity contribution in [2.45, 2.75) is 35.1 Å². The minimum Gasteiger partial charge on any atom is -0.262 e. The molecule has 0 bridgehead atoms. The lowest BCUT2D eigenvalue weighted by Gasteiger charge is -1.44. The summed E-state index contributed by atoms with van der Waals surface area (Å²) < 4.78 is 32.3. The predicted octanol–water partition coefficient (Wildman–Crippen LogP) is 2.85. The molecule has 0 N–H and O–H groups in total. The summed E-state index contributed by atoms with van der Waals surface area (Å²) in [7, 11) is 8.22. The van der Waals surface area contributed by atoms with E-state index < -0.39 is 13.1 Å². The quantitative estimate of drug-likeness (QED) is 0.487. The molecule has 0 nitrogen and oxygen atoms in total. The predicted molar refractivity (Wildman–Crippen MR) is 52.9 cm³/mol. The smallest absolute Gasteiger partial charge is 0.111 e. The zero-order valence-corrected chi connectivity index (χ0v) is 7.07. The molecule has 0 aromatic heterocycles. The second-order valence-corrected chi connectivity index (χ2v) is 0.252. The van der Waals surface area contributed by atoms with Crippen molar-refractivity contribution in [3.8, 4) is 0 Å². The molecule has 0 aliphatic heterocycles. The van der Waals surface area contributed by atoms with Crippen LogP contribution < -0.4 is 0 Å². The van der Waals surface area contributed by atoms with Crippen LogP contribution in [-0.2, 0) is 0 Å². The van der Waals surface area contributed by atoms with E-state index in [9.17, 15) is 8.78 Å². The van der Waals surface area contributed by atoms with E-state index in [1.165, 1.54) is 0 Å². The Morgan fingerprint density at radius 3 is 1.00 bits per heavy atom. The number of halogens is 2. The summed E-state index contributed by atoms with van der Waals surface area (Å²) in [6.07, 6.45) is 0. The number of hydrogen-bond acceptors (Lipinski definition) is 0. The lowest BCUT2D eigenvalue weighted by atomic mass is 10.2. The summed E-state index contributed by atoms with van der Waals surface area (Å²) >= 11 is 0. The molecule has 4 radical (unpaired) electrons. The summed E-state index contributed by atoms with van der Waals surface area (Å²) in [5.74, 6) is 0. The fourth-order valence-corrected chi connectivity index (χ4v) is 0. The standard InChI is InChI=1S/2C2H6.2CH2BF.CH4/c2*1-2;2*2-1-3;/h2*1-2H3;2*1H2;1H4/i;;2*1T;. The van der Waals surface area contributed by atoms with Gasteiger partial charge in [-0.3, -0.25) is 8.78 Å². The van der Waals surface area contributed by atoms with Crippen LogP contribution in [-0.4, -0.2) is 28.8 Å². The first-order valence-electron chi connectivity index (χ1n) is 4.26. The van der Waals surface area contributed by atoms with Gasteiger partial charge in [0.15, 0.2) is 0 Å². The first kappa shape index (κ1) is 17.2. The van der Waals surface area contributed by atoms with Crippen LogP contribution in [0.4, 0.5) is 8.78 Å². The number of hydrogen-bond donors (Lipinski definition) is 0. The third kappa shape index (κ3) is 6210000. The van der Waals surface area contributed by atoms with Gasteiger partial charge in [0.1, 0.15) is 15.7 Å². The minimum absolute atomic E-state index is 0. The highest BCUT2D eigenvalue weighted by Crippen LogP contribution is 1.39. The lowest BCUT2D eigenvalue weighted by molar-refractivity contribution is 0.598. The molecular formula is C7H20B2F2. The lowest BCUT2D eigenvalue weighted by Crippen LogP contribution is -1.56. The molecule has 0 aliphatic rings. The van der Waals surface area contributed by atoms with Crippen LogP contribution in [0.25, 0.3) is 0 Å². The van der Waals surface area contributed by atoms with Crippen molar-refractivity contribution in [2.24, 2.45) is 0 Å². The van der Waals surface area contributed by atoms with Crippen molar-refractivity contribution < 1.29 is 11.5 Å². The average Bonchev–Trinajstić information content (AvgIpc) is 1.93. The van der Waals surface area contributed by atoms with Crippen molar-refractivity contribution in [1.82, 2.24) is 0 Å². The average molecular weight is 168 g/mol. The van der Waals surface area contributed by atoms with Crippen molar-refractivity contribution in [2.75, 3.05) is 13.1 Å². The molecule has 11 heavy (non-hydrogen) atoms. The van der Waals surface area contributed by atoms with Gasteiger partial charge in [0.05, 0.1) is 2.74 Å². The first-order valence-corrected chi connectivity index (χ1v) is 3.10. The van der Waals surface area contributed by atoms with Gasteiger partial charge in [-0.1, -0.05) is 35.1 Å². The van der Waals surface area contributed by atoms with E-state index in [0.29, 0.717) is 0 Å². The summed E-state index contributed by atoms with van der Waals surface area (Å²) in [6.45, 7) is 4.17. The van der Waals surface area contributed by atoms with E-state index in [1.807, 2.05) is 27.7 Å². The molecule has 0 aromatic carbocycles. The molecule has 0 amide bonds. The molecule has 0 fully saturated rings. The Morgan fingerprint density at radius 1 is 1.00 bits per heavy atom. The molecule has 0 saturated heterocycles. The summed E-state index contributed by atoms with van der Waals surface area (Å²) in [6, 6.07) is 0. The SMILES string of the molecule is C.CC.CC.[3H]C([B])F.[3H]C([B])F. The second-order valence-electron chi connectivity index (χ2n) is 0.252. The zero-order valence-electron chi connectivity index (χ0n) is 9.07. The van der Waals surface area contributed by atoms with Crippen LogP contribution in [0.2, 0.25) is 0 Å². The maximum Gasteiger partial charge on any atom is 0.111 e. The molecule has 68 valence electrons. The van der Waals surface area contributed by atoms with Crippen LogP contribution >= 0.6 is 0 Å². The summed E-state index contributed by atoms with van der Waals surface area (Å²) in [5, 5.41) is 0. The molecule has 2 atom stereocenters. The van der Waals surface area contributed by atoms with Gasteiger partial charge in [-0.05, 0) is 0 Å². The Kier molecular flexibility index (Phi) is 318. The van der Waals surface area contributed by atoms with Crippen molar-refractivity contribution >= 4 is 15.7 Å². The monoisotopic (exact) mass is 168 g/mol. The van der Waals surface area contributed by atoms with Crippen LogP contribution in [0.1, 0.15) is 37.9 Å². The first-order chi connectivity index (χ1) is 5.46. The highest BCUT2D eigenvalue weighted by Gasteiger charge is 1.42. The third-order valence-corrected chi connectivity index (χ3v) is 0. The Balaban J connectivity index is -0.0000000226. The van der Waals surface area contributed by atoms with Crippen LogP contribution in [0.5, 0.6) is 0 Å².